The Hall–Kier alpha value is -1.91. The van der Waals surface area contributed by atoms with E-state index in [-0.39, 0.29) is 5.75 Å². The van der Waals surface area contributed by atoms with Gasteiger partial charge in [-0.15, -0.1) is 0 Å². The molecule has 1 rings (SSSR count). The Balaban J connectivity index is 2.74. The molecule has 1 aromatic rings. The molecule has 1 unspecified atom stereocenters. The van der Waals surface area contributed by atoms with Crippen LogP contribution in [-0.4, -0.2) is 27.5 Å². The van der Waals surface area contributed by atoms with Gasteiger partial charge in [-0.1, -0.05) is 19.1 Å². The second-order valence-electron chi connectivity index (χ2n) is 4.17. The van der Waals surface area contributed by atoms with Crippen LogP contribution in [0.2, 0.25) is 0 Å². The highest BCUT2D eigenvalue weighted by molar-refractivity contribution is 7.89. The number of methoxy groups -OCH3 is 1. The molecule has 0 bridgehead atoms. The average molecular weight is 296 g/mol. The fraction of sp³-hybridized carbons (Fsp3) is 0.385. The quantitative estimate of drug-likeness (QED) is 0.842. The molecule has 0 spiro atoms. The summed E-state index contributed by atoms with van der Waals surface area (Å²) in [5.74, 6) is -1.01. The Morgan fingerprint density at radius 3 is 2.45 bits per heavy atom. The highest BCUT2D eigenvalue weighted by atomic mass is 32.2. The third kappa shape index (κ3) is 4.64. The van der Waals surface area contributed by atoms with E-state index in [0.717, 1.165) is 0 Å². The van der Waals surface area contributed by atoms with Crippen molar-refractivity contribution in [3.8, 4) is 6.07 Å². The van der Waals surface area contributed by atoms with Crippen LogP contribution in [0.15, 0.2) is 24.3 Å². The number of ether oxygens (including phenoxy) is 1. The van der Waals surface area contributed by atoms with Gasteiger partial charge in [0.2, 0.25) is 10.0 Å². The Morgan fingerprint density at radius 1 is 1.40 bits per heavy atom. The van der Waals surface area contributed by atoms with Crippen LogP contribution in [0.25, 0.3) is 0 Å². The number of nitriles is 1. The van der Waals surface area contributed by atoms with Crippen molar-refractivity contribution in [3.63, 3.8) is 0 Å². The summed E-state index contributed by atoms with van der Waals surface area (Å²) < 4.78 is 30.6. The molecule has 0 saturated carbocycles. The summed E-state index contributed by atoms with van der Waals surface area (Å²) in [7, 11) is -2.43. The molecule has 0 aliphatic rings. The van der Waals surface area contributed by atoms with E-state index in [4.69, 9.17) is 10.00 Å². The minimum Gasteiger partial charge on any atom is -0.372 e. The molecule has 7 heteroatoms. The molecule has 0 saturated heterocycles. The van der Waals surface area contributed by atoms with E-state index in [1.165, 1.54) is 31.4 Å². The number of amides is 1. The largest absolute Gasteiger partial charge is 0.372 e. The molecule has 0 fully saturated rings. The summed E-state index contributed by atoms with van der Waals surface area (Å²) in [6.07, 6.45) is -0.403. The maximum atomic E-state index is 11.8. The molecule has 6 nitrogen and oxygen atoms in total. The molecule has 0 radical (unpaired) electrons. The van der Waals surface area contributed by atoms with Crippen molar-refractivity contribution in [2.75, 3.05) is 7.11 Å². The van der Waals surface area contributed by atoms with Crippen molar-refractivity contribution >= 4 is 15.9 Å². The number of benzene rings is 1. The molecule has 1 aromatic carbocycles. The summed E-state index contributed by atoms with van der Waals surface area (Å²) in [5, 5.41) is 8.66. The number of sulfonamides is 1. The van der Waals surface area contributed by atoms with Gasteiger partial charge in [0, 0.05) is 7.11 Å². The number of hydrogen-bond acceptors (Lipinski definition) is 5. The number of hydrogen-bond donors (Lipinski definition) is 1. The molecular weight excluding hydrogens is 280 g/mol. The lowest BCUT2D eigenvalue weighted by molar-refractivity contribution is -0.129. The zero-order valence-electron chi connectivity index (χ0n) is 11.3. The Labute approximate surface area is 118 Å². The first-order valence-corrected chi connectivity index (χ1v) is 7.63. The van der Waals surface area contributed by atoms with Crippen LogP contribution in [0.5, 0.6) is 0 Å². The highest BCUT2D eigenvalue weighted by Gasteiger charge is 2.21. The monoisotopic (exact) mass is 296 g/mol. The molecule has 1 amide bonds. The van der Waals surface area contributed by atoms with Crippen LogP contribution in [0.1, 0.15) is 24.5 Å². The second kappa shape index (κ2) is 7.03. The predicted octanol–water partition coefficient (Wildman–Crippen LogP) is 0.929. The van der Waals surface area contributed by atoms with Gasteiger partial charge >= 0.3 is 0 Å². The topological polar surface area (TPSA) is 96.3 Å². The van der Waals surface area contributed by atoms with Gasteiger partial charge in [0.15, 0.2) is 0 Å². The first-order chi connectivity index (χ1) is 9.41. The van der Waals surface area contributed by atoms with E-state index < -0.39 is 22.0 Å². The lowest BCUT2D eigenvalue weighted by Crippen LogP contribution is -2.39. The Bertz CT molecular complexity index is 598. The average Bonchev–Trinajstić information content (AvgIpc) is 2.39. The first-order valence-electron chi connectivity index (χ1n) is 5.98. The first kappa shape index (κ1) is 16.1. The van der Waals surface area contributed by atoms with Crippen LogP contribution >= 0.6 is 0 Å². The zero-order chi connectivity index (χ0) is 15.2. The molecular formula is C13H16N2O4S. The molecule has 1 atom stereocenters. The fourth-order valence-electron chi connectivity index (χ4n) is 1.61. The summed E-state index contributed by atoms with van der Waals surface area (Å²) in [4.78, 5) is 11.7. The predicted molar refractivity (Wildman–Crippen MR) is 73.0 cm³/mol. The van der Waals surface area contributed by atoms with Gasteiger partial charge < -0.3 is 4.74 Å². The minimum absolute atomic E-state index is 0.329. The van der Waals surface area contributed by atoms with Crippen molar-refractivity contribution in [1.29, 1.82) is 5.26 Å². The van der Waals surface area contributed by atoms with Gasteiger partial charge in [0.1, 0.15) is 6.10 Å². The molecule has 0 aliphatic carbocycles. The number of carbonyl (C=O) groups excluding carboxylic acids is 1. The lowest BCUT2D eigenvalue weighted by atomic mass is 10.2. The van der Waals surface area contributed by atoms with Crippen LogP contribution in [-0.2, 0) is 25.3 Å². The standard InChI is InChI=1S/C13H16N2O4S/c1-3-12(19-2)13(16)15-20(17,18)9-11-6-4-10(8-14)5-7-11/h4-7,12H,3,9H2,1-2H3,(H,15,16). The molecule has 20 heavy (non-hydrogen) atoms. The van der Waals surface area contributed by atoms with Crippen molar-refractivity contribution in [2.24, 2.45) is 0 Å². The van der Waals surface area contributed by atoms with Crippen molar-refractivity contribution < 1.29 is 17.9 Å². The van der Waals surface area contributed by atoms with Crippen LogP contribution in [0, 0.1) is 11.3 Å². The van der Waals surface area contributed by atoms with E-state index in [1.807, 2.05) is 10.8 Å². The lowest BCUT2D eigenvalue weighted by Gasteiger charge is -2.13. The van der Waals surface area contributed by atoms with E-state index >= 15 is 0 Å². The number of rotatable bonds is 6. The van der Waals surface area contributed by atoms with Gasteiger partial charge in [-0.3, -0.25) is 9.52 Å². The zero-order valence-corrected chi connectivity index (χ0v) is 12.1. The molecule has 0 heterocycles. The van der Waals surface area contributed by atoms with Gasteiger partial charge in [-0.25, -0.2) is 8.42 Å². The molecule has 108 valence electrons. The number of nitrogens with one attached hydrogen (secondary N) is 1. The normalized spacial score (nSPS) is 12.4. The van der Waals surface area contributed by atoms with Crippen molar-refractivity contribution in [3.05, 3.63) is 35.4 Å². The molecule has 0 aromatic heterocycles. The van der Waals surface area contributed by atoms with Gasteiger partial charge in [0.05, 0.1) is 17.4 Å². The maximum absolute atomic E-state index is 11.8. The van der Waals surface area contributed by atoms with Gasteiger partial charge in [-0.2, -0.15) is 5.26 Å². The van der Waals surface area contributed by atoms with E-state index in [1.54, 1.807) is 6.92 Å². The highest BCUT2D eigenvalue weighted by Crippen LogP contribution is 2.08. The summed E-state index contributed by atoms with van der Waals surface area (Å²) in [6.45, 7) is 1.72. The Morgan fingerprint density at radius 2 is 2.00 bits per heavy atom. The summed E-state index contributed by atoms with van der Waals surface area (Å²) in [5.41, 5.74) is 0.940. The summed E-state index contributed by atoms with van der Waals surface area (Å²) >= 11 is 0. The summed E-state index contributed by atoms with van der Waals surface area (Å²) in [6, 6.07) is 8.07. The second-order valence-corrected chi connectivity index (χ2v) is 5.89. The van der Waals surface area contributed by atoms with Crippen LogP contribution in [0.4, 0.5) is 0 Å². The fourth-order valence-corrected chi connectivity index (χ4v) is 2.75. The number of nitrogens with zero attached hydrogens (tertiary/aromatic N) is 1. The number of carbonyl (C=O) groups is 1. The molecule has 1 N–H and O–H groups in total. The van der Waals surface area contributed by atoms with Crippen molar-refractivity contribution in [2.45, 2.75) is 25.2 Å². The van der Waals surface area contributed by atoms with Gasteiger partial charge in [-0.05, 0) is 24.1 Å². The third-order valence-electron chi connectivity index (χ3n) is 2.64. The Kier molecular flexibility index (Phi) is 5.67. The van der Waals surface area contributed by atoms with Crippen LogP contribution < -0.4 is 4.72 Å². The van der Waals surface area contributed by atoms with Gasteiger partial charge in [0.25, 0.3) is 5.91 Å². The van der Waals surface area contributed by atoms with E-state index in [9.17, 15) is 13.2 Å². The smallest absolute Gasteiger partial charge is 0.262 e. The van der Waals surface area contributed by atoms with E-state index in [2.05, 4.69) is 0 Å². The maximum Gasteiger partial charge on any atom is 0.262 e. The van der Waals surface area contributed by atoms with Crippen LogP contribution in [0.3, 0.4) is 0 Å². The third-order valence-corrected chi connectivity index (χ3v) is 3.87. The minimum atomic E-state index is -3.78. The van der Waals surface area contributed by atoms with Crippen molar-refractivity contribution in [1.82, 2.24) is 4.72 Å². The SMILES string of the molecule is CCC(OC)C(=O)NS(=O)(=O)Cc1ccc(C#N)cc1. The molecule has 0 aliphatic heterocycles. The van der Waals surface area contributed by atoms with E-state index in [0.29, 0.717) is 17.5 Å².